The van der Waals surface area contributed by atoms with E-state index < -0.39 is 5.97 Å². The molecule has 0 radical (unpaired) electrons. The number of nitrogens with zero attached hydrogens (tertiary/aromatic N) is 1. The quantitative estimate of drug-likeness (QED) is 0.833. The minimum absolute atomic E-state index is 0.176. The maximum absolute atomic E-state index is 11.2. The second-order valence-electron chi connectivity index (χ2n) is 4.64. The van der Waals surface area contributed by atoms with Crippen molar-refractivity contribution in [3.8, 4) is 0 Å². The van der Waals surface area contributed by atoms with E-state index in [2.05, 4.69) is 16.6 Å². The minimum atomic E-state index is -0.983. The van der Waals surface area contributed by atoms with Crippen LogP contribution in [-0.2, 0) is 0 Å². The van der Waals surface area contributed by atoms with Crippen LogP contribution in [-0.4, -0.2) is 33.6 Å². The predicted molar refractivity (Wildman–Crippen MR) is 79.4 cm³/mol. The van der Waals surface area contributed by atoms with E-state index in [0.717, 1.165) is 19.3 Å². The summed E-state index contributed by atoms with van der Waals surface area (Å²) in [4.78, 5) is 15.3. The van der Waals surface area contributed by atoms with Crippen LogP contribution >= 0.6 is 23.4 Å². The molecule has 1 saturated carbocycles. The van der Waals surface area contributed by atoms with Crippen molar-refractivity contribution in [2.24, 2.45) is 0 Å². The van der Waals surface area contributed by atoms with Gasteiger partial charge in [0.15, 0.2) is 0 Å². The van der Waals surface area contributed by atoms with Gasteiger partial charge in [-0.2, -0.15) is 11.8 Å². The number of aromatic carboxylic acids is 1. The van der Waals surface area contributed by atoms with Crippen molar-refractivity contribution in [3.63, 3.8) is 0 Å². The highest BCUT2D eigenvalue weighted by Gasteiger charge is 2.26. The molecule has 2 unspecified atom stereocenters. The van der Waals surface area contributed by atoms with Crippen LogP contribution < -0.4 is 5.32 Å². The highest BCUT2D eigenvalue weighted by Crippen LogP contribution is 2.30. The van der Waals surface area contributed by atoms with Gasteiger partial charge in [-0.05, 0) is 31.2 Å². The average molecular weight is 301 g/mol. The van der Waals surface area contributed by atoms with Crippen LogP contribution in [0.5, 0.6) is 0 Å². The van der Waals surface area contributed by atoms with E-state index in [9.17, 15) is 9.90 Å². The van der Waals surface area contributed by atoms with Gasteiger partial charge < -0.3 is 10.4 Å². The average Bonchev–Trinajstić information content (AvgIpc) is 2.39. The Hall–Kier alpha value is -0.940. The first kappa shape index (κ1) is 14.5. The monoisotopic (exact) mass is 300 g/mol. The van der Waals surface area contributed by atoms with Crippen molar-refractivity contribution in [2.45, 2.75) is 37.0 Å². The number of nitrogens with one attached hydrogen (secondary N) is 1. The molecule has 1 aromatic heterocycles. The van der Waals surface area contributed by atoms with Crippen molar-refractivity contribution >= 4 is 35.1 Å². The number of halogens is 1. The molecule has 1 aliphatic carbocycles. The van der Waals surface area contributed by atoms with Crippen LogP contribution in [0.1, 0.15) is 36.0 Å². The Morgan fingerprint density at radius 1 is 1.47 bits per heavy atom. The molecule has 0 aromatic carbocycles. The zero-order chi connectivity index (χ0) is 13.8. The molecule has 0 spiro atoms. The van der Waals surface area contributed by atoms with Crippen molar-refractivity contribution in [2.75, 3.05) is 11.6 Å². The maximum Gasteiger partial charge on any atom is 0.339 e. The van der Waals surface area contributed by atoms with Gasteiger partial charge in [0.05, 0.1) is 0 Å². The standard InChI is InChI=1S/C13H17ClN2O2S/c1-19-10-5-3-2-4-9(10)15-12-8(13(17)18)6-7-11(14)16-12/h6-7,9-10H,2-5H2,1H3,(H,15,16)(H,17,18). The molecule has 104 valence electrons. The Morgan fingerprint density at radius 2 is 2.21 bits per heavy atom. The molecule has 2 N–H and O–H groups in total. The number of carboxylic acid groups (broad SMARTS) is 1. The Labute approximate surface area is 121 Å². The molecule has 0 bridgehead atoms. The number of hydrogen-bond donors (Lipinski definition) is 2. The molecule has 4 nitrogen and oxygen atoms in total. The van der Waals surface area contributed by atoms with Gasteiger partial charge in [0.1, 0.15) is 16.5 Å². The van der Waals surface area contributed by atoms with Gasteiger partial charge in [0.25, 0.3) is 0 Å². The summed E-state index contributed by atoms with van der Waals surface area (Å²) in [5.74, 6) is -0.603. The predicted octanol–water partition coefficient (Wildman–Crippen LogP) is 3.52. The van der Waals surface area contributed by atoms with Crippen molar-refractivity contribution in [1.29, 1.82) is 0 Å². The van der Waals surface area contributed by atoms with Crippen LogP contribution in [0.4, 0.5) is 5.82 Å². The van der Waals surface area contributed by atoms with E-state index in [1.54, 1.807) is 0 Å². The van der Waals surface area contributed by atoms with Gasteiger partial charge in [-0.25, -0.2) is 9.78 Å². The Bertz CT molecular complexity index is 470. The van der Waals surface area contributed by atoms with E-state index >= 15 is 0 Å². The highest BCUT2D eigenvalue weighted by molar-refractivity contribution is 7.99. The van der Waals surface area contributed by atoms with Crippen LogP contribution in [0.25, 0.3) is 0 Å². The van der Waals surface area contributed by atoms with Gasteiger partial charge >= 0.3 is 5.97 Å². The Kier molecular flexibility index (Phi) is 4.93. The van der Waals surface area contributed by atoms with Gasteiger partial charge in [-0.1, -0.05) is 24.4 Å². The normalized spacial score (nSPS) is 23.1. The highest BCUT2D eigenvalue weighted by atomic mass is 35.5. The topological polar surface area (TPSA) is 62.2 Å². The number of hydrogen-bond acceptors (Lipinski definition) is 4. The van der Waals surface area contributed by atoms with E-state index in [1.807, 2.05) is 11.8 Å². The molecule has 2 atom stereocenters. The summed E-state index contributed by atoms with van der Waals surface area (Å²) in [5.41, 5.74) is 0.176. The summed E-state index contributed by atoms with van der Waals surface area (Å²) < 4.78 is 0. The SMILES string of the molecule is CSC1CCCCC1Nc1nc(Cl)ccc1C(=O)O. The Balaban J connectivity index is 2.21. The number of anilines is 1. The van der Waals surface area contributed by atoms with E-state index in [0.29, 0.717) is 16.2 Å². The van der Waals surface area contributed by atoms with Crippen molar-refractivity contribution in [3.05, 3.63) is 22.8 Å². The lowest BCUT2D eigenvalue weighted by atomic mass is 9.94. The van der Waals surface area contributed by atoms with E-state index in [-0.39, 0.29) is 11.6 Å². The third kappa shape index (κ3) is 3.54. The first-order chi connectivity index (χ1) is 9.11. The molecule has 2 rings (SSSR count). The van der Waals surface area contributed by atoms with Crippen LogP contribution in [0.2, 0.25) is 5.15 Å². The fourth-order valence-electron chi connectivity index (χ4n) is 2.44. The molecular formula is C13H17ClN2O2S. The molecule has 1 aliphatic rings. The molecule has 1 aromatic rings. The molecule has 0 saturated heterocycles. The second-order valence-corrected chi connectivity index (χ2v) is 6.11. The lowest BCUT2D eigenvalue weighted by molar-refractivity contribution is 0.0697. The van der Waals surface area contributed by atoms with Crippen LogP contribution in [0.3, 0.4) is 0 Å². The van der Waals surface area contributed by atoms with Gasteiger partial charge in [-0.3, -0.25) is 0 Å². The molecule has 1 fully saturated rings. The molecule has 0 aliphatic heterocycles. The smallest absolute Gasteiger partial charge is 0.339 e. The molecular weight excluding hydrogens is 284 g/mol. The third-order valence-electron chi connectivity index (χ3n) is 3.42. The lowest BCUT2D eigenvalue weighted by Crippen LogP contribution is -2.35. The summed E-state index contributed by atoms with van der Waals surface area (Å²) in [6.45, 7) is 0. The van der Waals surface area contributed by atoms with Crippen LogP contribution in [0.15, 0.2) is 12.1 Å². The van der Waals surface area contributed by atoms with Crippen molar-refractivity contribution < 1.29 is 9.90 Å². The van der Waals surface area contributed by atoms with Crippen LogP contribution in [0, 0.1) is 0 Å². The number of rotatable bonds is 4. The molecule has 6 heteroatoms. The fraction of sp³-hybridized carbons (Fsp3) is 0.538. The number of thioether (sulfide) groups is 1. The maximum atomic E-state index is 11.2. The first-order valence-corrected chi connectivity index (χ1v) is 7.97. The number of aromatic nitrogens is 1. The fourth-order valence-corrected chi connectivity index (χ4v) is 3.52. The minimum Gasteiger partial charge on any atom is -0.478 e. The second kappa shape index (κ2) is 6.48. The summed E-state index contributed by atoms with van der Waals surface area (Å²) in [6, 6.07) is 3.26. The van der Waals surface area contributed by atoms with E-state index in [1.165, 1.54) is 18.6 Å². The number of carbonyl (C=O) groups is 1. The largest absolute Gasteiger partial charge is 0.478 e. The summed E-state index contributed by atoms with van der Waals surface area (Å²) in [7, 11) is 0. The zero-order valence-corrected chi connectivity index (χ0v) is 12.3. The van der Waals surface area contributed by atoms with Gasteiger partial charge in [0.2, 0.25) is 0 Å². The van der Waals surface area contributed by atoms with Gasteiger partial charge in [0, 0.05) is 11.3 Å². The number of carboxylic acids is 1. The third-order valence-corrected chi connectivity index (χ3v) is 4.80. The number of pyridine rings is 1. The van der Waals surface area contributed by atoms with Gasteiger partial charge in [-0.15, -0.1) is 0 Å². The van der Waals surface area contributed by atoms with E-state index in [4.69, 9.17) is 11.6 Å². The lowest BCUT2D eigenvalue weighted by Gasteiger charge is -2.31. The first-order valence-electron chi connectivity index (χ1n) is 6.31. The summed E-state index contributed by atoms with van der Waals surface area (Å²) in [6.07, 6.45) is 6.69. The molecule has 0 amide bonds. The zero-order valence-electron chi connectivity index (χ0n) is 10.7. The summed E-state index contributed by atoms with van der Waals surface area (Å²) in [5, 5.41) is 13.3. The summed E-state index contributed by atoms with van der Waals surface area (Å²) >= 11 is 7.68. The molecule has 1 heterocycles. The Morgan fingerprint density at radius 3 is 2.89 bits per heavy atom. The van der Waals surface area contributed by atoms with Crippen molar-refractivity contribution in [1.82, 2.24) is 4.98 Å². The molecule has 19 heavy (non-hydrogen) atoms.